The summed E-state index contributed by atoms with van der Waals surface area (Å²) < 4.78 is 18.2. The quantitative estimate of drug-likeness (QED) is 0.459. The van der Waals surface area contributed by atoms with Crippen LogP contribution >= 0.6 is 0 Å². The maximum absolute atomic E-state index is 11.6. The van der Waals surface area contributed by atoms with E-state index in [4.69, 9.17) is 13.6 Å². The molecule has 0 bridgehead atoms. The number of amides is 1. The number of hydrogen-bond donors (Lipinski definition) is 1. The second-order valence-electron chi connectivity index (χ2n) is 6.49. The fourth-order valence-electron chi connectivity index (χ4n) is 2.76. The SMILES string of the molecule is C=c1occc1=Cc1ccc(=O)oc1COCCC[n+]1ccc(NC(C)=O)cc1. The minimum Gasteiger partial charge on any atom is -0.465 e. The molecule has 7 heteroatoms. The fourth-order valence-corrected chi connectivity index (χ4v) is 2.76. The number of anilines is 1. The number of rotatable bonds is 8. The molecule has 3 rings (SSSR count). The van der Waals surface area contributed by atoms with Crippen molar-refractivity contribution in [2.75, 3.05) is 11.9 Å². The van der Waals surface area contributed by atoms with Crippen LogP contribution < -0.4 is 26.1 Å². The van der Waals surface area contributed by atoms with E-state index in [-0.39, 0.29) is 12.5 Å². The lowest BCUT2D eigenvalue weighted by molar-refractivity contribution is -0.697. The summed E-state index contributed by atoms with van der Waals surface area (Å²) in [7, 11) is 0. The van der Waals surface area contributed by atoms with E-state index in [9.17, 15) is 9.59 Å². The molecule has 29 heavy (non-hydrogen) atoms. The van der Waals surface area contributed by atoms with Crippen molar-refractivity contribution in [3.05, 3.63) is 81.4 Å². The minimum absolute atomic E-state index is 0.0977. The second kappa shape index (κ2) is 9.66. The van der Waals surface area contributed by atoms with Crippen LogP contribution in [-0.4, -0.2) is 12.5 Å². The third-order valence-corrected chi connectivity index (χ3v) is 4.19. The van der Waals surface area contributed by atoms with Gasteiger partial charge in [0, 0.05) is 42.3 Å². The Hall–Kier alpha value is -3.45. The Labute approximate surface area is 167 Å². The van der Waals surface area contributed by atoms with E-state index in [0.29, 0.717) is 17.8 Å². The van der Waals surface area contributed by atoms with Gasteiger partial charge in [0.1, 0.15) is 17.8 Å². The first-order valence-electron chi connectivity index (χ1n) is 9.23. The van der Waals surface area contributed by atoms with Crippen molar-refractivity contribution in [3.63, 3.8) is 0 Å². The Morgan fingerprint density at radius 3 is 2.72 bits per heavy atom. The summed E-state index contributed by atoms with van der Waals surface area (Å²) in [6.07, 6.45) is 7.99. The Kier molecular flexibility index (Phi) is 6.76. The molecule has 0 unspecified atom stereocenters. The summed E-state index contributed by atoms with van der Waals surface area (Å²) in [4.78, 5) is 22.6. The summed E-state index contributed by atoms with van der Waals surface area (Å²) >= 11 is 0. The number of furan rings is 1. The van der Waals surface area contributed by atoms with Crippen LogP contribution in [0.3, 0.4) is 0 Å². The minimum atomic E-state index is -0.419. The van der Waals surface area contributed by atoms with Gasteiger partial charge in [-0.25, -0.2) is 9.36 Å². The summed E-state index contributed by atoms with van der Waals surface area (Å²) in [5.41, 5.74) is 1.64. The zero-order chi connectivity index (χ0) is 20.6. The third kappa shape index (κ3) is 6.02. The van der Waals surface area contributed by atoms with E-state index in [1.165, 1.54) is 13.0 Å². The third-order valence-electron chi connectivity index (χ3n) is 4.19. The van der Waals surface area contributed by atoms with Crippen LogP contribution in [0.2, 0.25) is 0 Å². The number of hydrogen-bond acceptors (Lipinski definition) is 5. The Balaban J connectivity index is 1.54. The summed E-state index contributed by atoms with van der Waals surface area (Å²) in [6, 6.07) is 8.56. The van der Waals surface area contributed by atoms with Gasteiger partial charge in [-0.2, -0.15) is 0 Å². The molecule has 1 N–H and O–H groups in total. The molecule has 0 spiro atoms. The molecule has 0 radical (unpaired) electrons. The molecular weight excluding hydrogens is 372 g/mol. The highest BCUT2D eigenvalue weighted by molar-refractivity contribution is 5.88. The van der Waals surface area contributed by atoms with Crippen LogP contribution in [0.1, 0.15) is 24.7 Å². The van der Waals surface area contributed by atoms with Gasteiger partial charge >= 0.3 is 5.63 Å². The van der Waals surface area contributed by atoms with Gasteiger partial charge in [0.05, 0.1) is 18.6 Å². The first kappa shape index (κ1) is 20.3. The molecule has 0 aliphatic rings. The van der Waals surface area contributed by atoms with Crippen LogP contribution in [-0.2, 0) is 22.7 Å². The van der Waals surface area contributed by atoms with E-state index in [1.54, 1.807) is 18.4 Å². The highest BCUT2D eigenvalue weighted by atomic mass is 16.5. The number of carbonyl (C=O) groups excluding carboxylic acids is 1. The van der Waals surface area contributed by atoms with Crippen LogP contribution in [0.5, 0.6) is 0 Å². The molecule has 0 fully saturated rings. The molecule has 0 aromatic carbocycles. The van der Waals surface area contributed by atoms with Crippen molar-refractivity contribution in [1.29, 1.82) is 0 Å². The number of nitrogens with one attached hydrogen (secondary N) is 1. The smallest absolute Gasteiger partial charge is 0.335 e. The van der Waals surface area contributed by atoms with E-state index in [2.05, 4.69) is 11.9 Å². The van der Waals surface area contributed by atoms with Gasteiger partial charge in [0.2, 0.25) is 5.91 Å². The Morgan fingerprint density at radius 2 is 2.03 bits per heavy atom. The molecule has 0 atom stereocenters. The molecule has 1 amide bonds. The van der Waals surface area contributed by atoms with Gasteiger partial charge in [0.15, 0.2) is 18.9 Å². The summed E-state index contributed by atoms with van der Waals surface area (Å²) in [5, 5.41) is 3.55. The number of carbonyl (C=O) groups is 1. The normalized spacial score (nSPS) is 11.6. The Bertz CT molecular complexity index is 1130. The van der Waals surface area contributed by atoms with Gasteiger partial charge in [-0.3, -0.25) is 4.79 Å². The fraction of sp³-hybridized carbons (Fsp3) is 0.227. The number of nitrogens with zero attached hydrogens (tertiary/aromatic N) is 1. The molecule has 0 aliphatic heterocycles. The first-order chi connectivity index (χ1) is 14.0. The molecule has 3 heterocycles. The average molecular weight is 395 g/mol. The Morgan fingerprint density at radius 1 is 1.24 bits per heavy atom. The van der Waals surface area contributed by atoms with Gasteiger partial charge in [0.25, 0.3) is 0 Å². The molecule has 0 aliphatic carbocycles. The highest BCUT2D eigenvalue weighted by Gasteiger charge is 2.06. The molecule has 150 valence electrons. The van der Waals surface area contributed by atoms with Gasteiger partial charge in [-0.1, -0.05) is 6.58 Å². The number of aromatic nitrogens is 1. The van der Waals surface area contributed by atoms with Crippen LogP contribution in [0.25, 0.3) is 12.7 Å². The number of aryl methyl sites for hydroxylation is 1. The van der Waals surface area contributed by atoms with E-state index >= 15 is 0 Å². The summed E-state index contributed by atoms with van der Waals surface area (Å²) in [6.45, 7) is 6.75. The van der Waals surface area contributed by atoms with Crippen molar-refractivity contribution in [1.82, 2.24) is 0 Å². The van der Waals surface area contributed by atoms with E-state index in [0.717, 1.165) is 29.4 Å². The van der Waals surface area contributed by atoms with Crippen molar-refractivity contribution >= 4 is 24.2 Å². The zero-order valence-electron chi connectivity index (χ0n) is 16.2. The van der Waals surface area contributed by atoms with Gasteiger partial charge in [-0.05, 0) is 18.2 Å². The van der Waals surface area contributed by atoms with Gasteiger partial charge in [-0.15, -0.1) is 0 Å². The molecule has 0 saturated heterocycles. The van der Waals surface area contributed by atoms with Gasteiger partial charge < -0.3 is 18.9 Å². The summed E-state index contributed by atoms with van der Waals surface area (Å²) in [5.74, 6) is 0.366. The van der Waals surface area contributed by atoms with Crippen LogP contribution in [0.15, 0.2) is 62.6 Å². The molecule has 0 saturated carbocycles. The maximum Gasteiger partial charge on any atom is 0.335 e. The molecule has 3 aromatic heterocycles. The predicted octanol–water partition coefficient (Wildman–Crippen LogP) is 1.32. The van der Waals surface area contributed by atoms with Crippen molar-refractivity contribution < 1.29 is 22.9 Å². The van der Waals surface area contributed by atoms with Crippen LogP contribution in [0, 0.1) is 0 Å². The number of ether oxygens (including phenoxy) is 1. The maximum atomic E-state index is 11.6. The topological polar surface area (TPSA) is 85.6 Å². The van der Waals surface area contributed by atoms with Crippen molar-refractivity contribution in [3.8, 4) is 0 Å². The molecular formula is C22H23N2O5+. The van der Waals surface area contributed by atoms with Crippen molar-refractivity contribution in [2.45, 2.75) is 26.5 Å². The average Bonchev–Trinajstić information content (AvgIpc) is 3.09. The second-order valence-corrected chi connectivity index (χ2v) is 6.49. The van der Waals surface area contributed by atoms with E-state index in [1.807, 2.05) is 35.2 Å². The first-order valence-corrected chi connectivity index (χ1v) is 9.23. The van der Waals surface area contributed by atoms with E-state index < -0.39 is 5.63 Å². The molecule has 7 nitrogen and oxygen atoms in total. The zero-order valence-corrected chi connectivity index (χ0v) is 16.2. The number of pyridine rings is 1. The lowest BCUT2D eigenvalue weighted by atomic mass is 10.2. The largest absolute Gasteiger partial charge is 0.465 e. The monoisotopic (exact) mass is 395 g/mol. The lowest BCUT2D eigenvalue weighted by Gasteiger charge is -2.05. The van der Waals surface area contributed by atoms with Crippen LogP contribution in [0.4, 0.5) is 5.69 Å². The molecule has 3 aromatic rings. The lowest BCUT2D eigenvalue weighted by Crippen LogP contribution is -2.33. The highest BCUT2D eigenvalue weighted by Crippen LogP contribution is 2.09. The standard InChI is InChI=1S/C22H22N2O5/c1-16-18(8-13-28-16)14-19-4-5-22(26)29-21(19)15-27-12-3-9-24-10-6-20(7-11-24)23-17(2)25/h4-8,10-11,13-14H,1,3,9,12,15H2,2H3/p+1. The predicted molar refractivity (Wildman–Crippen MR) is 107 cm³/mol. The van der Waals surface area contributed by atoms with Crippen molar-refractivity contribution in [2.24, 2.45) is 0 Å².